The van der Waals surface area contributed by atoms with Crippen molar-refractivity contribution >= 4 is 27.9 Å². The van der Waals surface area contributed by atoms with Crippen LogP contribution in [-0.4, -0.2) is 34.1 Å². The van der Waals surface area contributed by atoms with Gasteiger partial charge in [0.05, 0.1) is 6.10 Å². The maximum Gasteiger partial charge on any atom is 0.247 e. The van der Waals surface area contributed by atoms with Crippen LogP contribution in [0.25, 0.3) is 6.08 Å². The first-order chi connectivity index (χ1) is 9.13. The lowest BCUT2D eigenvalue weighted by atomic mass is 10.00. The van der Waals surface area contributed by atoms with Gasteiger partial charge in [0.25, 0.3) is 0 Å². The highest BCUT2D eigenvalue weighted by Gasteiger charge is 2.41. The number of carbonyl (C=O) groups is 1. The highest BCUT2D eigenvalue weighted by Crippen LogP contribution is 2.35. The van der Waals surface area contributed by atoms with Crippen molar-refractivity contribution in [1.29, 1.82) is 0 Å². The Morgan fingerprint density at radius 3 is 2.63 bits per heavy atom. The number of aliphatic hydroxyl groups is 1. The van der Waals surface area contributed by atoms with Crippen LogP contribution >= 0.6 is 15.9 Å². The molecule has 0 aromatic carbocycles. The number of halogens is 1. The summed E-state index contributed by atoms with van der Waals surface area (Å²) in [5, 5.41) is 9.72. The number of rotatable bonds is 2. The average molecular weight is 326 g/mol. The Hall–Kier alpha value is -1.07. The summed E-state index contributed by atoms with van der Waals surface area (Å²) in [6, 6.07) is 4.01. The molecule has 2 aliphatic rings. The van der Waals surface area contributed by atoms with Crippen LogP contribution in [0, 0.1) is 0 Å². The molecule has 5 heteroatoms. The third-order valence-electron chi connectivity index (χ3n) is 3.95. The molecule has 2 atom stereocenters. The van der Waals surface area contributed by atoms with Crippen LogP contribution in [0.5, 0.6) is 0 Å². The summed E-state index contributed by atoms with van der Waals surface area (Å²) >= 11 is 3.23. The van der Waals surface area contributed by atoms with E-state index in [1.807, 2.05) is 11.0 Å². The molecule has 102 valence electrons. The van der Waals surface area contributed by atoms with E-state index in [2.05, 4.69) is 15.9 Å². The van der Waals surface area contributed by atoms with Gasteiger partial charge in [0, 0.05) is 18.2 Å². The Morgan fingerprint density at radius 2 is 2.05 bits per heavy atom. The van der Waals surface area contributed by atoms with E-state index >= 15 is 0 Å². The van der Waals surface area contributed by atoms with Gasteiger partial charge >= 0.3 is 0 Å². The van der Waals surface area contributed by atoms with Gasteiger partial charge in [-0.25, -0.2) is 0 Å². The number of furan rings is 1. The molecule has 3 heterocycles. The molecule has 3 rings (SSSR count). The Kier molecular flexibility index (Phi) is 3.50. The molecule has 4 nitrogen and oxygen atoms in total. The zero-order valence-corrected chi connectivity index (χ0v) is 12.0. The topological polar surface area (TPSA) is 53.7 Å². The fourth-order valence-corrected chi connectivity index (χ4v) is 3.48. The summed E-state index contributed by atoms with van der Waals surface area (Å²) in [6.45, 7) is 0. The number of aliphatic hydroxyl groups excluding tert-OH is 1. The van der Waals surface area contributed by atoms with E-state index in [1.165, 1.54) is 0 Å². The molecule has 2 aliphatic heterocycles. The maximum atomic E-state index is 12.2. The molecule has 1 N–H and O–H groups in total. The van der Waals surface area contributed by atoms with E-state index < -0.39 is 0 Å². The Morgan fingerprint density at radius 1 is 1.37 bits per heavy atom. The second-order valence-corrected chi connectivity index (χ2v) is 6.01. The second kappa shape index (κ2) is 5.13. The summed E-state index contributed by atoms with van der Waals surface area (Å²) in [5.41, 5.74) is 0. The van der Waals surface area contributed by atoms with Crippen molar-refractivity contribution < 1.29 is 14.3 Å². The molecule has 2 bridgehead atoms. The van der Waals surface area contributed by atoms with E-state index in [9.17, 15) is 9.90 Å². The minimum atomic E-state index is -0.244. The van der Waals surface area contributed by atoms with Gasteiger partial charge in [0.1, 0.15) is 5.76 Å². The van der Waals surface area contributed by atoms with Crippen molar-refractivity contribution in [3.63, 3.8) is 0 Å². The van der Waals surface area contributed by atoms with Gasteiger partial charge in [0.2, 0.25) is 5.91 Å². The van der Waals surface area contributed by atoms with E-state index in [1.54, 1.807) is 18.2 Å². The molecule has 19 heavy (non-hydrogen) atoms. The van der Waals surface area contributed by atoms with Gasteiger partial charge in [-0.15, -0.1) is 0 Å². The quantitative estimate of drug-likeness (QED) is 0.850. The molecule has 2 unspecified atom stereocenters. The number of piperidine rings is 1. The molecule has 0 radical (unpaired) electrons. The summed E-state index contributed by atoms with van der Waals surface area (Å²) < 4.78 is 5.98. The molecule has 0 spiro atoms. The van der Waals surface area contributed by atoms with Crippen LogP contribution in [0.1, 0.15) is 31.4 Å². The predicted molar refractivity (Wildman–Crippen MR) is 74.3 cm³/mol. The third kappa shape index (κ3) is 2.62. The zero-order chi connectivity index (χ0) is 13.4. The van der Waals surface area contributed by atoms with Gasteiger partial charge in [-0.2, -0.15) is 0 Å². The standard InChI is InChI=1S/C14H16BrNO3/c15-13-5-3-12(19-13)4-6-14(18)16-9-1-2-10(16)8-11(17)7-9/h3-6,9-11,17H,1-2,7-8H2. The highest BCUT2D eigenvalue weighted by molar-refractivity contribution is 9.10. The average Bonchev–Trinajstić information content (AvgIpc) is 2.89. The SMILES string of the molecule is O=C(C=Cc1ccc(Br)o1)N1C2CCC1CC(O)C2. The van der Waals surface area contributed by atoms with Crippen LogP contribution < -0.4 is 0 Å². The Bertz CT molecular complexity index is 497. The minimum absolute atomic E-state index is 0.0203. The van der Waals surface area contributed by atoms with E-state index in [-0.39, 0.29) is 24.1 Å². The number of hydrogen-bond donors (Lipinski definition) is 1. The van der Waals surface area contributed by atoms with Crippen molar-refractivity contribution in [2.45, 2.75) is 43.9 Å². The number of nitrogens with zero attached hydrogens (tertiary/aromatic N) is 1. The molecule has 0 saturated carbocycles. The third-order valence-corrected chi connectivity index (χ3v) is 4.37. The first-order valence-electron chi connectivity index (χ1n) is 6.57. The maximum absolute atomic E-state index is 12.2. The summed E-state index contributed by atoms with van der Waals surface area (Å²) in [4.78, 5) is 14.2. The van der Waals surface area contributed by atoms with Crippen molar-refractivity contribution in [1.82, 2.24) is 4.90 Å². The lowest BCUT2D eigenvalue weighted by Crippen LogP contribution is -2.47. The van der Waals surface area contributed by atoms with Crippen molar-refractivity contribution in [2.75, 3.05) is 0 Å². The molecular weight excluding hydrogens is 310 g/mol. The van der Waals surface area contributed by atoms with Gasteiger partial charge in [-0.05, 0) is 59.8 Å². The first kappa shape index (κ1) is 12.9. The first-order valence-corrected chi connectivity index (χ1v) is 7.36. The summed E-state index contributed by atoms with van der Waals surface area (Å²) in [7, 11) is 0. The number of hydrogen-bond acceptors (Lipinski definition) is 3. The fourth-order valence-electron chi connectivity index (χ4n) is 3.17. The fraction of sp³-hybridized carbons (Fsp3) is 0.500. The number of amides is 1. The van der Waals surface area contributed by atoms with Crippen LogP contribution in [-0.2, 0) is 4.79 Å². The molecule has 1 aromatic heterocycles. The normalized spacial score (nSPS) is 30.2. The zero-order valence-electron chi connectivity index (χ0n) is 10.5. The van der Waals surface area contributed by atoms with Crippen LogP contribution in [0.15, 0.2) is 27.3 Å². The smallest absolute Gasteiger partial charge is 0.247 e. The molecular formula is C14H16BrNO3. The summed E-state index contributed by atoms with van der Waals surface area (Å²) in [6.07, 6.45) is 6.45. The largest absolute Gasteiger partial charge is 0.450 e. The second-order valence-electron chi connectivity index (χ2n) is 5.23. The molecule has 2 saturated heterocycles. The van der Waals surface area contributed by atoms with Gasteiger partial charge in [-0.1, -0.05) is 0 Å². The number of fused-ring (bicyclic) bond motifs is 2. The molecule has 1 aromatic rings. The minimum Gasteiger partial charge on any atom is -0.450 e. The molecule has 0 aliphatic carbocycles. The molecule has 2 fully saturated rings. The van der Waals surface area contributed by atoms with E-state index in [0.717, 1.165) is 12.8 Å². The monoisotopic (exact) mass is 325 g/mol. The van der Waals surface area contributed by atoms with E-state index in [4.69, 9.17) is 4.42 Å². The predicted octanol–water partition coefficient (Wildman–Crippen LogP) is 2.57. The lowest BCUT2D eigenvalue weighted by Gasteiger charge is -2.36. The van der Waals surface area contributed by atoms with Crippen molar-refractivity contribution in [3.05, 3.63) is 28.6 Å². The van der Waals surface area contributed by atoms with Gasteiger partial charge in [0.15, 0.2) is 4.67 Å². The highest BCUT2D eigenvalue weighted by atomic mass is 79.9. The van der Waals surface area contributed by atoms with Crippen LogP contribution in [0.2, 0.25) is 0 Å². The number of carbonyl (C=O) groups excluding carboxylic acids is 1. The Labute approximate surface area is 120 Å². The van der Waals surface area contributed by atoms with Crippen molar-refractivity contribution in [2.24, 2.45) is 0 Å². The summed E-state index contributed by atoms with van der Waals surface area (Å²) in [5.74, 6) is 0.677. The van der Waals surface area contributed by atoms with E-state index in [0.29, 0.717) is 23.3 Å². The Balaban J connectivity index is 1.69. The van der Waals surface area contributed by atoms with Crippen LogP contribution in [0.3, 0.4) is 0 Å². The lowest BCUT2D eigenvalue weighted by molar-refractivity contribution is -0.131. The molecule has 1 amide bonds. The van der Waals surface area contributed by atoms with Gasteiger partial charge < -0.3 is 14.4 Å². The van der Waals surface area contributed by atoms with Crippen LogP contribution in [0.4, 0.5) is 0 Å². The van der Waals surface area contributed by atoms with Crippen molar-refractivity contribution in [3.8, 4) is 0 Å². The van der Waals surface area contributed by atoms with Gasteiger partial charge in [-0.3, -0.25) is 4.79 Å².